The molecule has 1 unspecified atom stereocenters. The lowest BCUT2D eigenvalue weighted by Crippen LogP contribution is -2.30. The number of nitrogens with one attached hydrogen (secondary N) is 1. The molecule has 1 atom stereocenters. The Morgan fingerprint density at radius 1 is 1.26 bits per heavy atom. The molecule has 0 saturated carbocycles. The van der Waals surface area contributed by atoms with Crippen molar-refractivity contribution in [2.24, 2.45) is 5.84 Å². The van der Waals surface area contributed by atoms with Crippen molar-refractivity contribution in [1.29, 1.82) is 0 Å². The number of hydrazine groups is 1. The van der Waals surface area contributed by atoms with Gasteiger partial charge in [-0.2, -0.15) is 0 Å². The van der Waals surface area contributed by atoms with Crippen LogP contribution in [0.15, 0.2) is 41.1 Å². The molecule has 6 heteroatoms. The second-order valence-electron chi connectivity index (χ2n) is 4.06. The van der Waals surface area contributed by atoms with Gasteiger partial charge in [0, 0.05) is 16.2 Å². The Balaban J connectivity index is 2.29. The third-order valence-electron chi connectivity index (χ3n) is 2.81. The molecule has 1 aromatic carbocycles. The molecular formula is C13H12BrF2N3. The van der Waals surface area contributed by atoms with Crippen LogP contribution in [0.3, 0.4) is 0 Å². The SMILES string of the molecule is NNC(Cc1cc(Br)ccc1F)c1ccncc1F. The molecule has 3 N–H and O–H groups in total. The number of rotatable bonds is 4. The van der Waals surface area contributed by atoms with Crippen LogP contribution >= 0.6 is 15.9 Å². The van der Waals surface area contributed by atoms with Gasteiger partial charge in [0.2, 0.25) is 0 Å². The second-order valence-corrected chi connectivity index (χ2v) is 4.97. The Kier molecular flexibility index (Phi) is 4.57. The highest BCUT2D eigenvalue weighted by Crippen LogP contribution is 2.23. The summed E-state index contributed by atoms with van der Waals surface area (Å²) in [7, 11) is 0. The predicted octanol–water partition coefficient (Wildman–Crippen LogP) is 2.87. The maximum absolute atomic E-state index is 13.7. The summed E-state index contributed by atoms with van der Waals surface area (Å²) in [5, 5.41) is 0. The molecular weight excluding hydrogens is 316 g/mol. The number of nitrogens with zero attached hydrogens (tertiary/aromatic N) is 1. The zero-order chi connectivity index (χ0) is 13.8. The Labute approximate surface area is 117 Å². The molecule has 100 valence electrons. The summed E-state index contributed by atoms with van der Waals surface area (Å²) < 4.78 is 28.1. The summed E-state index contributed by atoms with van der Waals surface area (Å²) in [6, 6.07) is 5.62. The third kappa shape index (κ3) is 3.34. The maximum Gasteiger partial charge on any atom is 0.146 e. The summed E-state index contributed by atoms with van der Waals surface area (Å²) in [4.78, 5) is 3.68. The number of hydrogen-bond donors (Lipinski definition) is 2. The van der Waals surface area contributed by atoms with E-state index in [9.17, 15) is 8.78 Å². The van der Waals surface area contributed by atoms with E-state index >= 15 is 0 Å². The van der Waals surface area contributed by atoms with Gasteiger partial charge >= 0.3 is 0 Å². The van der Waals surface area contributed by atoms with Gasteiger partial charge in [-0.3, -0.25) is 16.3 Å². The van der Waals surface area contributed by atoms with E-state index in [0.717, 1.165) is 10.7 Å². The summed E-state index contributed by atoms with van der Waals surface area (Å²) in [6.45, 7) is 0. The molecule has 0 aliphatic heterocycles. The van der Waals surface area contributed by atoms with E-state index in [1.54, 1.807) is 12.1 Å². The van der Waals surface area contributed by atoms with Crippen molar-refractivity contribution < 1.29 is 8.78 Å². The largest absolute Gasteiger partial charge is 0.271 e. The van der Waals surface area contributed by atoms with Crippen molar-refractivity contribution in [3.05, 3.63) is 63.9 Å². The normalized spacial score (nSPS) is 12.4. The third-order valence-corrected chi connectivity index (χ3v) is 3.31. The highest BCUT2D eigenvalue weighted by atomic mass is 79.9. The van der Waals surface area contributed by atoms with Crippen LogP contribution < -0.4 is 11.3 Å². The first kappa shape index (κ1) is 14.0. The van der Waals surface area contributed by atoms with Gasteiger partial charge in [-0.15, -0.1) is 0 Å². The van der Waals surface area contributed by atoms with E-state index in [2.05, 4.69) is 26.3 Å². The minimum Gasteiger partial charge on any atom is -0.271 e. The van der Waals surface area contributed by atoms with Gasteiger partial charge in [-0.05, 0) is 36.2 Å². The Bertz CT molecular complexity index is 578. The molecule has 1 heterocycles. The van der Waals surface area contributed by atoms with Gasteiger partial charge in [-0.25, -0.2) is 8.78 Å². The lowest BCUT2D eigenvalue weighted by atomic mass is 9.99. The van der Waals surface area contributed by atoms with Crippen LogP contribution in [0.4, 0.5) is 8.78 Å². The minimum atomic E-state index is -0.521. The van der Waals surface area contributed by atoms with Crippen molar-refractivity contribution >= 4 is 15.9 Å². The van der Waals surface area contributed by atoms with Crippen molar-refractivity contribution in [2.75, 3.05) is 0 Å². The zero-order valence-electron chi connectivity index (χ0n) is 9.91. The van der Waals surface area contributed by atoms with Gasteiger partial charge in [0.15, 0.2) is 0 Å². The Morgan fingerprint density at radius 2 is 2.05 bits per heavy atom. The van der Waals surface area contributed by atoms with E-state index < -0.39 is 11.9 Å². The minimum absolute atomic E-state index is 0.239. The first-order valence-electron chi connectivity index (χ1n) is 5.61. The van der Waals surface area contributed by atoms with Gasteiger partial charge in [-0.1, -0.05) is 15.9 Å². The van der Waals surface area contributed by atoms with Crippen LogP contribution in [-0.2, 0) is 6.42 Å². The van der Waals surface area contributed by atoms with E-state index in [-0.39, 0.29) is 12.2 Å². The van der Waals surface area contributed by atoms with Crippen molar-refractivity contribution in [3.63, 3.8) is 0 Å². The monoisotopic (exact) mass is 327 g/mol. The Morgan fingerprint density at radius 3 is 2.74 bits per heavy atom. The zero-order valence-corrected chi connectivity index (χ0v) is 11.5. The molecule has 2 aromatic rings. The molecule has 0 aliphatic rings. The van der Waals surface area contributed by atoms with E-state index in [1.807, 2.05) is 0 Å². The molecule has 19 heavy (non-hydrogen) atoms. The number of aromatic nitrogens is 1. The standard InChI is InChI=1S/C13H12BrF2N3/c14-9-1-2-11(15)8(5-9)6-13(19-17)10-3-4-18-7-12(10)16/h1-5,7,13,19H,6,17H2. The van der Waals surface area contributed by atoms with Gasteiger partial charge in [0.05, 0.1) is 12.2 Å². The average Bonchev–Trinajstić information content (AvgIpc) is 2.41. The fourth-order valence-corrected chi connectivity index (χ4v) is 2.26. The Hall–Kier alpha value is -1.37. The molecule has 0 bridgehead atoms. The number of hydrogen-bond acceptors (Lipinski definition) is 3. The number of halogens is 3. The van der Waals surface area contributed by atoms with Crippen LogP contribution in [0.5, 0.6) is 0 Å². The highest BCUT2D eigenvalue weighted by Gasteiger charge is 2.17. The summed E-state index contributed by atoms with van der Waals surface area (Å²) in [5.74, 6) is 4.62. The quantitative estimate of drug-likeness (QED) is 0.670. The number of benzene rings is 1. The highest BCUT2D eigenvalue weighted by molar-refractivity contribution is 9.10. The molecule has 0 spiro atoms. The molecule has 2 rings (SSSR count). The summed E-state index contributed by atoms with van der Waals surface area (Å²) in [5.41, 5.74) is 3.32. The van der Waals surface area contributed by atoms with Gasteiger partial charge < -0.3 is 0 Å². The first-order valence-corrected chi connectivity index (χ1v) is 6.40. The van der Waals surface area contributed by atoms with Crippen molar-refractivity contribution in [2.45, 2.75) is 12.5 Å². The molecule has 0 aliphatic carbocycles. The van der Waals surface area contributed by atoms with Crippen molar-refractivity contribution in [1.82, 2.24) is 10.4 Å². The van der Waals surface area contributed by atoms with Gasteiger partial charge in [0.1, 0.15) is 11.6 Å². The van der Waals surface area contributed by atoms with Crippen LogP contribution in [0.25, 0.3) is 0 Å². The lowest BCUT2D eigenvalue weighted by Gasteiger charge is -2.17. The summed E-state index contributed by atoms with van der Waals surface area (Å²) in [6.07, 6.45) is 2.82. The van der Waals surface area contributed by atoms with E-state index in [1.165, 1.54) is 18.3 Å². The second kappa shape index (κ2) is 6.18. The lowest BCUT2D eigenvalue weighted by molar-refractivity contribution is 0.496. The van der Waals surface area contributed by atoms with Crippen LogP contribution in [0, 0.1) is 11.6 Å². The van der Waals surface area contributed by atoms with Crippen molar-refractivity contribution in [3.8, 4) is 0 Å². The fraction of sp³-hybridized carbons (Fsp3) is 0.154. The smallest absolute Gasteiger partial charge is 0.146 e. The number of nitrogens with two attached hydrogens (primary N) is 1. The molecule has 0 amide bonds. The molecule has 3 nitrogen and oxygen atoms in total. The molecule has 0 saturated heterocycles. The molecule has 1 aromatic heterocycles. The van der Waals surface area contributed by atoms with E-state index in [0.29, 0.717) is 11.1 Å². The predicted molar refractivity (Wildman–Crippen MR) is 72.1 cm³/mol. The molecule has 0 fully saturated rings. The summed E-state index contributed by atoms with van der Waals surface area (Å²) >= 11 is 3.28. The topological polar surface area (TPSA) is 50.9 Å². The van der Waals surface area contributed by atoms with Crippen LogP contribution in [0.1, 0.15) is 17.2 Å². The fourth-order valence-electron chi connectivity index (χ4n) is 1.85. The number of pyridine rings is 1. The maximum atomic E-state index is 13.7. The van der Waals surface area contributed by atoms with Crippen LogP contribution in [-0.4, -0.2) is 4.98 Å². The van der Waals surface area contributed by atoms with Gasteiger partial charge in [0.25, 0.3) is 0 Å². The first-order chi connectivity index (χ1) is 9.11. The molecule has 0 radical (unpaired) electrons. The van der Waals surface area contributed by atoms with E-state index in [4.69, 9.17) is 5.84 Å². The van der Waals surface area contributed by atoms with Crippen LogP contribution in [0.2, 0.25) is 0 Å². The average molecular weight is 328 g/mol.